The van der Waals surface area contributed by atoms with Crippen molar-refractivity contribution in [1.82, 2.24) is 29.6 Å². The van der Waals surface area contributed by atoms with E-state index in [9.17, 15) is 4.79 Å². The fraction of sp³-hybridized carbons (Fsp3) is 0.250. The molecule has 146 valence electrons. The third-order valence-electron chi connectivity index (χ3n) is 5.15. The Kier molecular flexibility index (Phi) is 4.48. The molecule has 1 aromatic carbocycles. The second-order valence-corrected chi connectivity index (χ2v) is 7.41. The largest absolute Gasteiger partial charge is 0.440 e. The first kappa shape index (κ1) is 17.8. The molecule has 1 fully saturated rings. The molecule has 0 unspecified atom stereocenters. The first-order valence-electron chi connectivity index (χ1n) is 9.34. The summed E-state index contributed by atoms with van der Waals surface area (Å²) in [6, 6.07) is 8.96. The number of piperidine rings is 1. The third kappa shape index (κ3) is 3.47. The van der Waals surface area contributed by atoms with Gasteiger partial charge in [0.25, 0.3) is 5.91 Å². The predicted octanol–water partition coefficient (Wildman–Crippen LogP) is 3.48. The predicted molar refractivity (Wildman–Crippen MR) is 106 cm³/mol. The molecule has 0 saturated carbocycles. The number of likely N-dealkylation sites (tertiary alicyclic amines) is 1. The summed E-state index contributed by atoms with van der Waals surface area (Å²) in [6.07, 6.45) is 6.19. The highest BCUT2D eigenvalue weighted by Crippen LogP contribution is 2.31. The monoisotopic (exact) mass is 408 g/mol. The van der Waals surface area contributed by atoms with Crippen LogP contribution in [0.5, 0.6) is 0 Å². The van der Waals surface area contributed by atoms with E-state index in [1.54, 1.807) is 41.5 Å². The fourth-order valence-corrected chi connectivity index (χ4v) is 3.75. The van der Waals surface area contributed by atoms with Crippen molar-refractivity contribution in [2.45, 2.75) is 18.8 Å². The van der Waals surface area contributed by atoms with Crippen molar-refractivity contribution in [2.24, 2.45) is 0 Å². The van der Waals surface area contributed by atoms with Crippen molar-refractivity contribution in [1.29, 1.82) is 0 Å². The molecule has 3 aromatic heterocycles. The molecule has 1 saturated heterocycles. The van der Waals surface area contributed by atoms with Crippen LogP contribution in [0.1, 0.15) is 35.0 Å². The number of nitrogens with zero attached hydrogens (tertiary/aromatic N) is 6. The van der Waals surface area contributed by atoms with Gasteiger partial charge < -0.3 is 9.32 Å². The molecular formula is C20H17ClN6O2. The molecule has 0 bridgehead atoms. The van der Waals surface area contributed by atoms with Gasteiger partial charge in [-0.1, -0.05) is 11.6 Å². The van der Waals surface area contributed by atoms with Gasteiger partial charge in [-0.3, -0.25) is 4.79 Å². The summed E-state index contributed by atoms with van der Waals surface area (Å²) in [5.74, 6) is 1.51. The number of benzene rings is 1. The minimum Gasteiger partial charge on any atom is -0.440 e. The van der Waals surface area contributed by atoms with Gasteiger partial charge in [0.05, 0.1) is 5.56 Å². The lowest BCUT2D eigenvalue weighted by Gasteiger charge is -2.30. The van der Waals surface area contributed by atoms with Crippen molar-refractivity contribution in [3.8, 4) is 5.82 Å². The van der Waals surface area contributed by atoms with E-state index in [0.29, 0.717) is 35.4 Å². The number of amides is 1. The van der Waals surface area contributed by atoms with E-state index in [4.69, 9.17) is 16.0 Å². The summed E-state index contributed by atoms with van der Waals surface area (Å²) in [4.78, 5) is 27.5. The molecular weight excluding hydrogens is 392 g/mol. The van der Waals surface area contributed by atoms with Crippen LogP contribution in [0, 0.1) is 0 Å². The zero-order valence-electron chi connectivity index (χ0n) is 15.4. The van der Waals surface area contributed by atoms with Gasteiger partial charge in [-0.15, -0.1) is 0 Å². The number of hydrogen-bond acceptors (Lipinski definition) is 6. The highest BCUT2D eigenvalue weighted by molar-refractivity contribution is 6.31. The molecule has 0 radical (unpaired) electrons. The van der Waals surface area contributed by atoms with Crippen molar-refractivity contribution in [3.05, 3.63) is 65.7 Å². The lowest BCUT2D eigenvalue weighted by molar-refractivity contribution is 0.0706. The molecule has 0 N–H and O–H groups in total. The number of oxazole rings is 1. The number of carbonyl (C=O) groups is 1. The molecule has 0 atom stereocenters. The van der Waals surface area contributed by atoms with E-state index in [1.165, 1.54) is 6.33 Å². The van der Waals surface area contributed by atoms with Crippen molar-refractivity contribution in [2.75, 3.05) is 13.1 Å². The Morgan fingerprint density at radius 1 is 1.17 bits per heavy atom. The highest BCUT2D eigenvalue weighted by atomic mass is 35.5. The number of aromatic nitrogens is 5. The molecule has 0 aliphatic carbocycles. The third-order valence-corrected chi connectivity index (χ3v) is 5.38. The Hall–Kier alpha value is -3.26. The van der Waals surface area contributed by atoms with Gasteiger partial charge in [0.2, 0.25) is 0 Å². The van der Waals surface area contributed by atoms with E-state index < -0.39 is 0 Å². The van der Waals surface area contributed by atoms with E-state index in [1.807, 2.05) is 11.0 Å². The number of halogens is 1. The fourth-order valence-electron chi connectivity index (χ4n) is 3.58. The number of fused-ring (bicyclic) bond motifs is 1. The summed E-state index contributed by atoms with van der Waals surface area (Å²) >= 11 is 6.03. The average Bonchev–Trinajstić information content (AvgIpc) is 3.43. The van der Waals surface area contributed by atoms with E-state index >= 15 is 0 Å². The van der Waals surface area contributed by atoms with Crippen LogP contribution >= 0.6 is 11.6 Å². The summed E-state index contributed by atoms with van der Waals surface area (Å²) in [5, 5.41) is 4.67. The van der Waals surface area contributed by atoms with Gasteiger partial charge in [0.15, 0.2) is 17.3 Å². The zero-order chi connectivity index (χ0) is 19.8. The quantitative estimate of drug-likeness (QED) is 0.515. The van der Waals surface area contributed by atoms with Crippen molar-refractivity contribution < 1.29 is 9.21 Å². The van der Waals surface area contributed by atoms with E-state index in [0.717, 1.165) is 23.9 Å². The van der Waals surface area contributed by atoms with Gasteiger partial charge in [-0.25, -0.2) is 19.6 Å². The first-order chi connectivity index (χ1) is 14.2. The maximum absolute atomic E-state index is 12.8. The minimum atomic E-state index is -0.0227. The molecule has 1 amide bonds. The van der Waals surface area contributed by atoms with Crippen LogP contribution in [-0.4, -0.2) is 48.6 Å². The second kappa shape index (κ2) is 7.29. The Bertz CT molecular complexity index is 1150. The van der Waals surface area contributed by atoms with Gasteiger partial charge in [-0.2, -0.15) is 5.10 Å². The van der Waals surface area contributed by atoms with Crippen LogP contribution in [0.15, 0.2) is 53.6 Å². The maximum Gasteiger partial charge on any atom is 0.255 e. The highest BCUT2D eigenvalue weighted by Gasteiger charge is 2.27. The van der Waals surface area contributed by atoms with Gasteiger partial charge in [0.1, 0.15) is 18.2 Å². The number of pyridine rings is 1. The molecule has 0 spiro atoms. The Labute approximate surface area is 171 Å². The van der Waals surface area contributed by atoms with Crippen LogP contribution in [0.4, 0.5) is 0 Å². The van der Waals surface area contributed by atoms with Gasteiger partial charge in [-0.05, 0) is 43.2 Å². The topological polar surface area (TPSA) is 89.9 Å². The summed E-state index contributed by atoms with van der Waals surface area (Å²) in [7, 11) is 0. The van der Waals surface area contributed by atoms with Crippen LogP contribution in [0.3, 0.4) is 0 Å². The average molecular weight is 409 g/mol. The Balaban J connectivity index is 1.25. The number of rotatable bonds is 3. The van der Waals surface area contributed by atoms with Crippen LogP contribution in [-0.2, 0) is 0 Å². The van der Waals surface area contributed by atoms with Gasteiger partial charge >= 0.3 is 0 Å². The molecule has 4 heterocycles. The Morgan fingerprint density at radius 2 is 2.03 bits per heavy atom. The van der Waals surface area contributed by atoms with E-state index in [2.05, 4.69) is 20.1 Å². The molecule has 8 nitrogen and oxygen atoms in total. The minimum absolute atomic E-state index is 0.0227. The second-order valence-electron chi connectivity index (χ2n) is 6.98. The van der Waals surface area contributed by atoms with Crippen molar-refractivity contribution >= 4 is 28.6 Å². The summed E-state index contributed by atoms with van der Waals surface area (Å²) in [5.41, 5.74) is 2.06. The van der Waals surface area contributed by atoms with Crippen molar-refractivity contribution in [3.63, 3.8) is 0 Å². The van der Waals surface area contributed by atoms with Gasteiger partial charge in [0, 0.05) is 30.2 Å². The zero-order valence-corrected chi connectivity index (χ0v) is 16.2. The molecule has 1 aliphatic rings. The molecule has 4 aromatic rings. The lowest BCUT2D eigenvalue weighted by atomic mass is 9.96. The SMILES string of the molecule is O=C(c1ccc(-n2cncn2)nc1)N1CCC(c2nc3cc(Cl)ccc3o2)CC1. The summed E-state index contributed by atoms with van der Waals surface area (Å²) < 4.78 is 7.44. The number of carbonyl (C=O) groups excluding carboxylic acids is 1. The molecule has 9 heteroatoms. The van der Waals surface area contributed by atoms with E-state index in [-0.39, 0.29) is 11.8 Å². The molecule has 1 aliphatic heterocycles. The number of hydrogen-bond donors (Lipinski definition) is 0. The lowest BCUT2D eigenvalue weighted by Crippen LogP contribution is -2.38. The smallest absolute Gasteiger partial charge is 0.255 e. The molecule has 29 heavy (non-hydrogen) atoms. The normalized spacial score (nSPS) is 15.1. The summed E-state index contributed by atoms with van der Waals surface area (Å²) in [6.45, 7) is 1.29. The van der Waals surface area contributed by atoms with Crippen LogP contribution in [0.2, 0.25) is 5.02 Å². The first-order valence-corrected chi connectivity index (χ1v) is 9.71. The standard InChI is InChI=1S/C20H17ClN6O2/c21-15-2-3-17-16(9-15)25-19(29-17)13-5-7-26(8-6-13)20(28)14-1-4-18(23-10-14)27-12-22-11-24-27/h1-4,9-13H,5-8H2. The Morgan fingerprint density at radius 3 is 2.76 bits per heavy atom. The van der Waals surface area contributed by atoms with Crippen LogP contribution < -0.4 is 0 Å². The van der Waals surface area contributed by atoms with Crippen LogP contribution in [0.25, 0.3) is 16.9 Å². The molecule has 5 rings (SSSR count). The maximum atomic E-state index is 12.8.